The summed E-state index contributed by atoms with van der Waals surface area (Å²) in [4.78, 5) is 15.4. The van der Waals surface area contributed by atoms with E-state index in [0.29, 0.717) is 16.7 Å². The van der Waals surface area contributed by atoms with Crippen LogP contribution in [0.2, 0.25) is 5.15 Å². The first-order valence-corrected chi connectivity index (χ1v) is 5.21. The minimum Gasteiger partial charge on any atom is -0.382 e. The van der Waals surface area contributed by atoms with Crippen LogP contribution in [0.5, 0.6) is 0 Å². The van der Waals surface area contributed by atoms with Crippen molar-refractivity contribution in [2.75, 3.05) is 11.1 Å². The van der Waals surface area contributed by atoms with Crippen LogP contribution in [-0.2, 0) is 11.3 Å². The largest absolute Gasteiger partial charge is 0.382 e. The number of nitrogen functional groups attached to an aromatic ring is 1. The van der Waals surface area contributed by atoms with Gasteiger partial charge >= 0.3 is 0 Å². The van der Waals surface area contributed by atoms with Crippen LogP contribution in [0.4, 0.5) is 11.5 Å². The molecule has 0 spiro atoms. The molecule has 1 amide bonds. The van der Waals surface area contributed by atoms with Crippen LogP contribution in [0, 0.1) is 0 Å². The Morgan fingerprint density at radius 2 is 2.35 bits per heavy atom. The molecule has 0 aliphatic heterocycles. The zero-order valence-electron chi connectivity index (χ0n) is 8.80. The summed E-state index contributed by atoms with van der Waals surface area (Å²) in [5.74, 6) is 0.167. The highest BCUT2D eigenvalue weighted by Crippen LogP contribution is 2.11. The summed E-state index contributed by atoms with van der Waals surface area (Å²) in [6, 6.07) is 4.84. The Labute approximate surface area is 102 Å². The summed E-state index contributed by atoms with van der Waals surface area (Å²) in [6.07, 6.45) is 3.15. The van der Waals surface area contributed by atoms with Gasteiger partial charge in [0, 0.05) is 18.1 Å². The number of rotatable bonds is 3. The second-order valence-electron chi connectivity index (χ2n) is 3.35. The minimum absolute atomic E-state index is 0.0944. The molecule has 2 aromatic heterocycles. The predicted molar refractivity (Wildman–Crippen MR) is 64.5 cm³/mol. The van der Waals surface area contributed by atoms with Crippen molar-refractivity contribution in [1.82, 2.24) is 14.8 Å². The monoisotopic (exact) mass is 251 g/mol. The number of amides is 1. The van der Waals surface area contributed by atoms with Crippen LogP contribution >= 0.6 is 11.6 Å². The van der Waals surface area contributed by atoms with E-state index in [0.717, 1.165) is 0 Å². The lowest BCUT2D eigenvalue weighted by molar-refractivity contribution is -0.116. The lowest BCUT2D eigenvalue weighted by Crippen LogP contribution is -2.19. The lowest BCUT2D eigenvalue weighted by atomic mass is 10.4. The van der Waals surface area contributed by atoms with E-state index in [-0.39, 0.29) is 12.5 Å². The van der Waals surface area contributed by atoms with Gasteiger partial charge in [0.25, 0.3) is 0 Å². The lowest BCUT2D eigenvalue weighted by Gasteiger charge is -2.05. The summed E-state index contributed by atoms with van der Waals surface area (Å²) < 4.78 is 1.45. The van der Waals surface area contributed by atoms with Crippen LogP contribution in [0.25, 0.3) is 0 Å². The molecule has 0 atom stereocenters. The van der Waals surface area contributed by atoms with Crippen molar-refractivity contribution in [3.8, 4) is 0 Å². The van der Waals surface area contributed by atoms with Crippen LogP contribution in [0.1, 0.15) is 0 Å². The fourth-order valence-electron chi connectivity index (χ4n) is 1.29. The van der Waals surface area contributed by atoms with Crippen molar-refractivity contribution in [2.24, 2.45) is 0 Å². The fourth-order valence-corrected chi connectivity index (χ4v) is 1.47. The van der Waals surface area contributed by atoms with Crippen LogP contribution in [0.3, 0.4) is 0 Å². The van der Waals surface area contributed by atoms with E-state index in [9.17, 15) is 4.79 Å². The van der Waals surface area contributed by atoms with Crippen molar-refractivity contribution in [3.05, 3.63) is 35.7 Å². The standard InChI is InChI=1S/C10H10ClN5O/c11-8-5-7(1-3-13-8)14-10(17)6-16-4-2-9(12)15-16/h1-5H,6H2,(H2,12,15)(H,13,14,17). The highest BCUT2D eigenvalue weighted by atomic mass is 35.5. The SMILES string of the molecule is Nc1ccn(CC(=O)Nc2ccnc(Cl)c2)n1. The third-order valence-corrected chi connectivity index (χ3v) is 2.18. The average molecular weight is 252 g/mol. The summed E-state index contributed by atoms with van der Waals surface area (Å²) >= 11 is 5.70. The first-order chi connectivity index (χ1) is 8.13. The highest BCUT2D eigenvalue weighted by Gasteiger charge is 2.05. The Kier molecular flexibility index (Phi) is 3.24. The van der Waals surface area contributed by atoms with E-state index in [4.69, 9.17) is 17.3 Å². The molecular formula is C10H10ClN5O. The van der Waals surface area contributed by atoms with Crippen LogP contribution < -0.4 is 11.1 Å². The molecule has 0 aromatic carbocycles. The summed E-state index contributed by atoms with van der Waals surface area (Å²) in [6.45, 7) is 0.0944. The van der Waals surface area contributed by atoms with Crippen molar-refractivity contribution in [1.29, 1.82) is 0 Å². The van der Waals surface area contributed by atoms with Gasteiger partial charge in [-0.15, -0.1) is 0 Å². The topological polar surface area (TPSA) is 85.8 Å². The number of nitrogens with two attached hydrogens (primary N) is 1. The van der Waals surface area contributed by atoms with Gasteiger partial charge in [-0.2, -0.15) is 5.10 Å². The maximum Gasteiger partial charge on any atom is 0.246 e. The zero-order valence-corrected chi connectivity index (χ0v) is 9.55. The smallest absolute Gasteiger partial charge is 0.246 e. The molecule has 0 fully saturated rings. The number of nitrogens with one attached hydrogen (secondary N) is 1. The first-order valence-electron chi connectivity index (χ1n) is 4.84. The quantitative estimate of drug-likeness (QED) is 0.802. The molecule has 88 valence electrons. The fraction of sp³-hybridized carbons (Fsp3) is 0.100. The summed E-state index contributed by atoms with van der Waals surface area (Å²) in [5, 5.41) is 6.91. The second kappa shape index (κ2) is 4.84. The van der Waals surface area contributed by atoms with E-state index in [1.165, 1.54) is 10.9 Å². The molecule has 2 aromatic rings. The molecular weight excluding hydrogens is 242 g/mol. The van der Waals surface area contributed by atoms with Gasteiger partial charge in [0.2, 0.25) is 5.91 Å². The molecule has 0 radical (unpaired) electrons. The van der Waals surface area contributed by atoms with Gasteiger partial charge in [0.05, 0.1) is 0 Å². The minimum atomic E-state index is -0.213. The Morgan fingerprint density at radius 1 is 1.53 bits per heavy atom. The van der Waals surface area contributed by atoms with Gasteiger partial charge < -0.3 is 11.1 Å². The van der Waals surface area contributed by atoms with Gasteiger partial charge in [-0.3, -0.25) is 9.48 Å². The van der Waals surface area contributed by atoms with Crippen molar-refractivity contribution in [3.63, 3.8) is 0 Å². The zero-order chi connectivity index (χ0) is 12.3. The number of nitrogens with zero attached hydrogens (tertiary/aromatic N) is 3. The number of aromatic nitrogens is 3. The first kappa shape index (κ1) is 11.4. The second-order valence-corrected chi connectivity index (χ2v) is 3.74. The number of pyridine rings is 1. The molecule has 2 rings (SSSR count). The summed E-state index contributed by atoms with van der Waals surface area (Å²) in [7, 11) is 0. The number of carbonyl (C=O) groups excluding carboxylic acids is 1. The van der Waals surface area contributed by atoms with Gasteiger partial charge in [0.15, 0.2) is 0 Å². The molecule has 17 heavy (non-hydrogen) atoms. The normalized spacial score (nSPS) is 10.2. The van der Waals surface area contributed by atoms with E-state index in [1.54, 1.807) is 24.4 Å². The Morgan fingerprint density at radius 3 is 3.00 bits per heavy atom. The molecule has 3 N–H and O–H groups in total. The number of carbonyl (C=O) groups is 1. The predicted octanol–water partition coefficient (Wildman–Crippen LogP) is 1.15. The molecule has 0 saturated heterocycles. The van der Waals surface area contributed by atoms with E-state index in [1.807, 2.05) is 0 Å². The number of anilines is 2. The molecule has 2 heterocycles. The van der Waals surface area contributed by atoms with Gasteiger partial charge in [-0.25, -0.2) is 4.98 Å². The van der Waals surface area contributed by atoms with Crippen molar-refractivity contribution in [2.45, 2.75) is 6.54 Å². The van der Waals surface area contributed by atoms with E-state index < -0.39 is 0 Å². The molecule has 0 aliphatic carbocycles. The Bertz CT molecular complexity index is 539. The van der Waals surface area contributed by atoms with Gasteiger partial charge in [0.1, 0.15) is 17.5 Å². The third-order valence-electron chi connectivity index (χ3n) is 1.98. The average Bonchev–Trinajstić information content (AvgIpc) is 2.63. The molecule has 0 bridgehead atoms. The highest BCUT2D eigenvalue weighted by molar-refractivity contribution is 6.29. The van der Waals surface area contributed by atoms with E-state index >= 15 is 0 Å². The number of halogens is 1. The molecule has 6 nitrogen and oxygen atoms in total. The van der Waals surface area contributed by atoms with E-state index in [2.05, 4.69) is 15.4 Å². The molecule has 0 unspecified atom stereocenters. The van der Waals surface area contributed by atoms with Gasteiger partial charge in [-0.05, 0) is 18.2 Å². The van der Waals surface area contributed by atoms with Crippen molar-refractivity contribution >= 4 is 29.0 Å². The maximum atomic E-state index is 11.6. The molecule has 7 heteroatoms. The summed E-state index contributed by atoms with van der Waals surface area (Å²) in [5.41, 5.74) is 6.03. The third kappa shape index (κ3) is 3.18. The van der Waals surface area contributed by atoms with Crippen LogP contribution in [0.15, 0.2) is 30.6 Å². The Balaban J connectivity index is 1.98. The molecule has 0 saturated carbocycles. The number of hydrogen-bond acceptors (Lipinski definition) is 4. The Hall–Kier alpha value is -2.08. The number of hydrogen-bond donors (Lipinski definition) is 2. The van der Waals surface area contributed by atoms with Gasteiger partial charge in [-0.1, -0.05) is 11.6 Å². The molecule has 0 aliphatic rings. The van der Waals surface area contributed by atoms with Crippen LogP contribution in [-0.4, -0.2) is 20.7 Å². The van der Waals surface area contributed by atoms with Crippen molar-refractivity contribution < 1.29 is 4.79 Å². The maximum absolute atomic E-state index is 11.6.